The number of hydrogen-bond donors (Lipinski definition) is 1. The van der Waals surface area contributed by atoms with Crippen LogP contribution in [-0.2, 0) is 6.54 Å². The van der Waals surface area contributed by atoms with E-state index in [0.717, 1.165) is 36.0 Å². The Balaban J connectivity index is 1.69. The molecule has 6 heteroatoms. The molecule has 3 heterocycles. The van der Waals surface area contributed by atoms with Crippen molar-refractivity contribution in [3.8, 4) is 5.88 Å². The number of amides is 1. The summed E-state index contributed by atoms with van der Waals surface area (Å²) in [5, 5.41) is 8.26. The predicted molar refractivity (Wildman–Crippen MR) is 90.0 cm³/mol. The molecule has 0 saturated heterocycles. The summed E-state index contributed by atoms with van der Waals surface area (Å²) in [6, 6.07) is 11.2. The average Bonchev–Trinajstić information content (AvgIpc) is 3.10. The van der Waals surface area contributed by atoms with Gasteiger partial charge in [-0.15, -0.1) is 0 Å². The van der Waals surface area contributed by atoms with E-state index in [-0.39, 0.29) is 11.9 Å². The van der Waals surface area contributed by atoms with Gasteiger partial charge in [0.1, 0.15) is 0 Å². The van der Waals surface area contributed by atoms with E-state index >= 15 is 0 Å². The molecule has 4 rings (SSSR count). The van der Waals surface area contributed by atoms with Gasteiger partial charge >= 0.3 is 0 Å². The van der Waals surface area contributed by atoms with Crippen molar-refractivity contribution in [2.24, 2.45) is 0 Å². The Bertz CT molecular complexity index is 903. The van der Waals surface area contributed by atoms with Gasteiger partial charge in [0.2, 0.25) is 5.88 Å². The molecule has 0 bridgehead atoms. The monoisotopic (exact) mass is 322 g/mol. The van der Waals surface area contributed by atoms with E-state index in [4.69, 9.17) is 4.74 Å². The summed E-state index contributed by atoms with van der Waals surface area (Å²) >= 11 is 0. The van der Waals surface area contributed by atoms with Crippen molar-refractivity contribution in [3.05, 3.63) is 53.9 Å². The molecule has 1 amide bonds. The molecule has 0 fully saturated rings. The lowest BCUT2D eigenvalue weighted by molar-refractivity contribution is 0.0930. The third kappa shape index (κ3) is 2.50. The number of methoxy groups -OCH3 is 1. The summed E-state index contributed by atoms with van der Waals surface area (Å²) in [5.41, 5.74) is 2.38. The van der Waals surface area contributed by atoms with Crippen LogP contribution < -0.4 is 10.1 Å². The third-order valence-corrected chi connectivity index (χ3v) is 4.42. The minimum absolute atomic E-state index is 0.0216. The van der Waals surface area contributed by atoms with Gasteiger partial charge in [-0.3, -0.25) is 9.48 Å². The number of rotatable bonds is 3. The largest absolute Gasteiger partial charge is 0.481 e. The van der Waals surface area contributed by atoms with Crippen LogP contribution in [0.3, 0.4) is 0 Å². The van der Waals surface area contributed by atoms with Crippen LogP contribution in [0.4, 0.5) is 0 Å². The van der Waals surface area contributed by atoms with E-state index in [1.165, 1.54) is 0 Å². The van der Waals surface area contributed by atoms with Crippen molar-refractivity contribution in [1.29, 1.82) is 0 Å². The van der Waals surface area contributed by atoms with Crippen LogP contribution >= 0.6 is 0 Å². The lowest BCUT2D eigenvalue weighted by atomic mass is 10.0. The molecule has 2 aromatic heterocycles. The second-order valence-electron chi connectivity index (χ2n) is 5.88. The number of ether oxygens (including phenoxy) is 1. The lowest BCUT2D eigenvalue weighted by Gasteiger charge is -2.24. The topological polar surface area (TPSA) is 69.0 Å². The number of nitrogens with one attached hydrogen (secondary N) is 1. The zero-order valence-corrected chi connectivity index (χ0v) is 13.4. The maximum Gasteiger partial charge on any atom is 0.252 e. The van der Waals surface area contributed by atoms with Gasteiger partial charge in [-0.1, -0.05) is 18.2 Å². The standard InChI is InChI=1S/C18H18N4O2/c1-24-17-11-13(12-5-2-3-6-14(12)20-17)18(23)21-15-7-4-10-22-16(15)8-9-19-22/h2-3,5-6,8-9,11,15H,4,7,10H2,1H3,(H,21,23). The molecule has 1 atom stereocenters. The van der Waals surface area contributed by atoms with Gasteiger partial charge in [-0.2, -0.15) is 5.10 Å². The molecule has 1 unspecified atom stereocenters. The van der Waals surface area contributed by atoms with Gasteiger partial charge in [0.05, 0.1) is 29.9 Å². The molecular weight excluding hydrogens is 304 g/mol. The molecule has 1 aliphatic rings. The highest BCUT2D eigenvalue weighted by molar-refractivity contribution is 6.06. The van der Waals surface area contributed by atoms with Gasteiger partial charge in [-0.05, 0) is 25.0 Å². The van der Waals surface area contributed by atoms with Gasteiger partial charge in [0.15, 0.2) is 0 Å². The number of aryl methyl sites for hydroxylation is 1. The summed E-state index contributed by atoms with van der Waals surface area (Å²) in [6.45, 7) is 0.903. The second-order valence-corrected chi connectivity index (χ2v) is 5.88. The van der Waals surface area contributed by atoms with Crippen molar-refractivity contribution in [2.75, 3.05) is 7.11 Å². The van der Waals surface area contributed by atoms with Crippen LogP contribution in [0.25, 0.3) is 10.9 Å². The molecule has 1 N–H and O–H groups in total. The van der Waals surface area contributed by atoms with Crippen molar-refractivity contribution in [2.45, 2.75) is 25.4 Å². The number of hydrogen-bond acceptors (Lipinski definition) is 4. The predicted octanol–water partition coefficient (Wildman–Crippen LogP) is 2.70. The van der Waals surface area contributed by atoms with Gasteiger partial charge < -0.3 is 10.1 Å². The summed E-state index contributed by atoms with van der Waals surface area (Å²) in [7, 11) is 1.55. The van der Waals surface area contributed by atoms with Crippen LogP contribution in [0.2, 0.25) is 0 Å². The number of fused-ring (bicyclic) bond motifs is 2. The van der Waals surface area contributed by atoms with Gasteiger partial charge in [-0.25, -0.2) is 4.98 Å². The van der Waals surface area contributed by atoms with Gasteiger partial charge in [0, 0.05) is 24.2 Å². The highest BCUT2D eigenvalue weighted by Crippen LogP contribution is 2.26. The lowest BCUT2D eigenvalue weighted by Crippen LogP contribution is -2.32. The SMILES string of the molecule is COc1cc(C(=O)NC2CCCn3nccc32)c2ccccc2n1. The van der Waals surface area contributed by atoms with E-state index in [2.05, 4.69) is 15.4 Å². The highest BCUT2D eigenvalue weighted by atomic mass is 16.5. The highest BCUT2D eigenvalue weighted by Gasteiger charge is 2.24. The Kier molecular flexibility index (Phi) is 3.65. The fourth-order valence-electron chi connectivity index (χ4n) is 3.24. The summed E-state index contributed by atoms with van der Waals surface area (Å²) in [5.74, 6) is 0.319. The minimum atomic E-state index is -0.119. The first-order valence-corrected chi connectivity index (χ1v) is 8.02. The first kappa shape index (κ1) is 14.7. The zero-order chi connectivity index (χ0) is 16.5. The summed E-state index contributed by atoms with van der Waals surface area (Å²) in [4.78, 5) is 17.3. The van der Waals surface area contributed by atoms with Crippen molar-refractivity contribution in [3.63, 3.8) is 0 Å². The molecule has 122 valence electrons. The van der Waals surface area contributed by atoms with Crippen molar-refractivity contribution < 1.29 is 9.53 Å². The average molecular weight is 322 g/mol. The number of pyridine rings is 1. The Morgan fingerprint density at radius 2 is 2.21 bits per heavy atom. The van der Waals surface area contributed by atoms with Gasteiger partial charge in [0.25, 0.3) is 5.91 Å². The first-order chi connectivity index (χ1) is 11.8. The molecule has 6 nitrogen and oxygen atoms in total. The zero-order valence-electron chi connectivity index (χ0n) is 13.4. The molecular formula is C18H18N4O2. The Hall–Kier alpha value is -2.89. The van der Waals surface area contributed by atoms with Crippen LogP contribution in [0.15, 0.2) is 42.6 Å². The van der Waals surface area contributed by atoms with E-state index < -0.39 is 0 Å². The number of aromatic nitrogens is 3. The Morgan fingerprint density at radius 3 is 3.08 bits per heavy atom. The normalized spacial score (nSPS) is 16.6. The van der Waals surface area contributed by atoms with Crippen molar-refractivity contribution >= 4 is 16.8 Å². The van der Waals surface area contributed by atoms with Crippen LogP contribution in [0.1, 0.15) is 34.9 Å². The summed E-state index contributed by atoms with van der Waals surface area (Å²) in [6.07, 6.45) is 3.70. The molecule has 1 aliphatic heterocycles. The van der Waals surface area contributed by atoms with Crippen LogP contribution in [0, 0.1) is 0 Å². The number of nitrogens with zero attached hydrogens (tertiary/aromatic N) is 3. The maximum atomic E-state index is 12.9. The molecule has 24 heavy (non-hydrogen) atoms. The number of para-hydroxylation sites is 1. The molecule has 0 saturated carbocycles. The second kappa shape index (κ2) is 5.96. The van der Waals surface area contributed by atoms with Crippen LogP contribution in [-0.4, -0.2) is 27.8 Å². The third-order valence-electron chi connectivity index (χ3n) is 4.42. The fourth-order valence-corrected chi connectivity index (χ4v) is 3.24. The number of carbonyl (C=O) groups excluding carboxylic acids is 1. The molecule has 3 aromatic rings. The Labute approximate surface area is 139 Å². The molecule has 0 aliphatic carbocycles. The van der Waals surface area contributed by atoms with E-state index in [1.807, 2.05) is 35.0 Å². The Morgan fingerprint density at radius 1 is 1.33 bits per heavy atom. The smallest absolute Gasteiger partial charge is 0.252 e. The molecule has 0 spiro atoms. The van der Waals surface area contributed by atoms with Crippen molar-refractivity contribution in [1.82, 2.24) is 20.1 Å². The minimum Gasteiger partial charge on any atom is -0.481 e. The molecule has 0 radical (unpaired) electrons. The number of benzene rings is 1. The fraction of sp³-hybridized carbons (Fsp3) is 0.278. The summed E-state index contributed by atoms with van der Waals surface area (Å²) < 4.78 is 7.20. The quantitative estimate of drug-likeness (QED) is 0.805. The van der Waals surface area contributed by atoms with E-state index in [1.54, 1.807) is 19.4 Å². The first-order valence-electron chi connectivity index (χ1n) is 8.02. The maximum absolute atomic E-state index is 12.9. The molecule has 1 aromatic carbocycles. The van der Waals surface area contributed by atoms with E-state index in [0.29, 0.717) is 11.4 Å². The van der Waals surface area contributed by atoms with Crippen LogP contribution in [0.5, 0.6) is 5.88 Å². The number of carbonyl (C=O) groups is 1. The van der Waals surface area contributed by atoms with E-state index in [9.17, 15) is 4.79 Å².